The largest absolute Gasteiger partial charge is 0.479 e. The Morgan fingerprint density at radius 2 is 1.14 bits per heavy atom. The van der Waals surface area contributed by atoms with Crippen molar-refractivity contribution in [1.29, 1.82) is 0 Å². The fourth-order valence-electron chi connectivity index (χ4n) is 1.77. The molecule has 0 aliphatic heterocycles. The maximum atomic E-state index is 10.3. The lowest BCUT2D eigenvalue weighted by atomic mass is 10.1. The minimum Gasteiger partial charge on any atom is -0.479 e. The Balaban J connectivity index is 0. The summed E-state index contributed by atoms with van der Waals surface area (Å²) < 4.78 is 0. The molecule has 0 aliphatic carbocycles. The lowest BCUT2D eigenvalue weighted by Gasteiger charge is -2.04. The van der Waals surface area contributed by atoms with E-state index in [2.05, 4.69) is 6.92 Å². The molecular formula is C16H32O6. The fraction of sp³-hybridized carbons (Fsp3) is 0.875. The molecule has 0 amide bonds. The van der Waals surface area contributed by atoms with Crippen LogP contribution in [0.4, 0.5) is 0 Å². The van der Waals surface area contributed by atoms with Crippen molar-refractivity contribution >= 4 is 11.9 Å². The van der Waals surface area contributed by atoms with Crippen LogP contribution in [-0.4, -0.2) is 44.6 Å². The predicted octanol–water partition coefficient (Wildman–Crippen LogP) is 2.80. The highest BCUT2D eigenvalue weighted by atomic mass is 16.4. The Bertz CT molecular complexity index is 280. The van der Waals surface area contributed by atoms with Gasteiger partial charge in [0.05, 0.1) is 0 Å². The van der Waals surface area contributed by atoms with E-state index in [0.29, 0.717) is 6.42 Å². The molecule has 4 N–H and O–H groups in total. The van der Waals surface area contributed by atoms with Gasteiger partial charge in [0.25, 0.3) is 0 Å². The molecule has 0 aromatic rings. The van der Waals surface area contributed by atoms with E-state index in [1.807, 2.05) is 0 Å². The van der Waals surface area contributed by atoms with E-state index in [1.165, 1.54) is 32.1 Å². The first-order valence-corrected chi connectivity index (χ1v) is 8.18. The highest BCUT2D eigenvalue weighted by molar-refractivity contribution is 5.72. The van der Waals surface area contributed by atoms with Crippen molar-refractivity contribution in [3.63, 3.8) is 0 Å². The second-order valence-electron chi connectivity index (χ2n) is 5.38. The second kappa shape index (κ2) is 16.2. The first kappa shape index (κ1) is 23.1. The summed E-state index contributed by atoms with van der Waals surface area (Å²) in [6, 6.07) is 0. The summed E-state index contributed by atoms with van der Waals surface area (Å²) in [5, 5.41) is 33.7. The van der Waals surface area contributed by atoms with Crippen LogP contribution in [0, 0.1) is 0 Å². The van der Waals surface area contributed by atoms with Gasteiger partial charge in [0.1, 0.15) is 0 Å². The zero-order valence-corrected chi connectivity index (χ0v) is 13.8. The number of unbranched alkanes of at least 4 members (excludes halogenated alkanes) is 7. The Morgan fingerprint density at radius 1 is 0.727 bits per heavy atom. The minimum absolute atomic E-state index is 0.273. The van der Waals surface area contributed by atoms with Crippen molar-refractivity contribution in [3.05, 3.63) is 0 Å². The maximum absolute atomic E-state index is 10.3. The molecule has 0 spiro atoms. The van der Waals surface area contributed by atoms with Crippen LogP contribution < -0.4 is 0 Å². The summed E-state index contributed by atoms with van der Waals surface area (Å²) in [6.07, 6.45) is 7.77. The van der Waals surface area contributed by atoms with E-state index in [4.69, 9.17) is 20.4 Å². The van der Waals surface area contributed by atoms with Crippen molar-refractivity contribution in [3.8, 4) is 0 Å². The Kier molecular flexibility index (Phi) is 17.1. The monoisotopic (exact) mass is 320 g/mol. The third-order valence-corrected chi connectivity index (χ3v) is 3.29. The molecule has 0 aromatic carbocycles. The highest BCUT2D eigenvalue weighted by Crippen LogP contribution is 2.10. The summed E-state index contributed by atoms with van der Waals surface area (Å²) in [6.45, 7) is 3.81. The van der Waals surface area contributed by atoms with Crippen molar-refractivity contribution in [2.24, 2.45) is 0 Å². The molecule has 22 heavy (non-hydrogen) atoms. The highest BCUT2D eigenvalue weighted by Gasteiger charge is 2.11. The molecule has 6 nitrogen and oxygen atoms in total. The van der Waals surface area contributed by atoms with E-state index in [1.54, 1.807) is 6.92 Å². The van der Waals surface area contributed by atoms with Gasteiger partial charge in [0.2, 0.25) is 0 Å². The quantitative estimate of drug-likeness (QED) is 0.411. The molecule has 0 aliphatic rings. The van der Waals surface area contributed by atoms with E-state index < -0.39 is 24.1 Å². The number of rotatable bonds is 12. The average Bonchev–Trinajstić information content (AvgIpc) is 2.49. The van der Waals surface area contributed by atoms with Crippen LogP contribution in [0.1, 0.15) is 78.1 Å². The molecule has 0 fully saturated rings. The van der Waals surface area contributed by atoms with Gasteiger partial charge in [-0.1, -0.05) is 65.2 Å². The van der Waals surface area contributed by atoms with E-state index in [-0.39, 0.29) is 6.42 Å². The third kappa shape index (κ3) is 16.9. The van der Waals surface area contributed by atoms with Crippen LogP contribution in [0.3, 0.4) is 0 Å². The molecule has 0 radical (unpaired) electrons. The van der Waals surface area contributed by atoms with Gasteiger partial charge in [-0.3, -0.25) is 0 Å². The van der Waals surface area contributed by atoms with Gasteiger partial charge in [-0.05, 0) is 12.8 Å². The van der Waals surface area contributed by atoms with Gasteiger partial charge in [-0.25, -0.2) is 9.59 Å². The summed E-state index contributed by atoms with van der Waals surface area (Å²) in [7, 11) is 0. The lowest BCUT2D eigenvalue weighted by Crippen LogP contribution is -2.18. The minimum atomic E-state index is -1.18. The first-order valence-electron chi connectivity index (χ1n) is 8.18. The number of hydrogen-bond donors (Lipinski definition) is 4. The Labute approximate surface area is 133 Å². The number of aliphatic hydroxyl groups excluding tert-OH is 2. The molecule has 0 rings (SSSR count). The summed E-state index contributed by atoms with van der Waals surface area (Å²) in [4.78, 5) is 20.0. The number of aliphatic hydroxyl groups is 2. The predicted molar refractivity (Wildman–Crippen MR) is 84.8 cm³/mol. The zero-order chi connectivity index (χ0) is 17.4. The van der Waals surface area contributed by atoms with Gasteiger partial charge in [-0.15, -0.1) is 0 Å². The molecule has 0 heterocycles. The third-order valence-electron chi connectivity index (χ3n) is 3.29. The second-order valence-corrected chi connectivity index (χ2v) is 5.38. The van der Waals surface area contributed by atoms with Gasteiger partial charge >= 0.3 is 11.9 Å². The molecule has 0 bridgehead atoms. The average molecular weight is 320 g/mol. The van der Waals surface area contributed by atoms with E-state index in [0.717, 1.165) is 19.3 Å². The van der Waals surface area contributed by atoms with Crippen LogP contribution >= 0.6 is 0 Å². The molecule has 0 saturated heterocycles. The van der Waals surface area contributed by atoms with Gasteiger partial charge in [-0.2, -0.15) is 0 Å². The van der Waals surface area contributed by atoms with Crippen LogP contribution in [0.5, 0.6) is 0 Å². The molecule has 0 saturated carbocycles. The number of carbonyl (C=O) groups is 2. The molecule has 132 valence electrons. The SMILES string of the molecule is CCC(O)C(=O)O.CCCCCCCCCCC(O)C(=O)O. The summed E-state index contributed by atoms with van der Waals surface area (Å²) >= 11 is 0. The zero-order valence-electron chi connectivity index (χ0n) is 13.8. The van der Waals surface area contributed by atoms with E-state index >= 15 is 0 Å². The van der Waals surface area contributed by atoms with Crippen molar-refractivity contribution in [2.75, 3.05) is 0 Å². The number of carboxylic acid groups (broad SMARTS) is 2. The van der Waals surface area contributed by atoms with Gasteiger partial charge < -0.3 is 20.4 Å². The lowest BCUT2D eigenvalue weighted by molar-refractivity contribution is -0.147. The molecule has 2 atom stereocenters. The van der Waals surface area contributed by atoms with Crippen LogP contribution in [-0.2, 0) is 9.59 Å². The fourth-order valence-corrected chi connectivity index (χ4v) is 1.77. The molecular weight excluding hydrogens is 288 g/mol. The first-order chi connectivity index (χ1) is 10.4. The number of aliphatic carboxylic acids is 2. The van der Waals surface area contributed by atoms with Crippen LogP contribution in [0.25, 0.3) is 0 Å². The van der Waals surface area contributed by atoms with Gasteiger partial charge in [0.15, 0.2) is 12.2 Å². The van der Waals surface area contributed by atoms with Crippen molar-refractivity contribution in [1.82, 2.24) is 0 Å². The smallest absolute Gasteiger partial charge is 0.332 e. The maximum Gasteiger partial charge on any atom is 0.332 e. The van der Waals surface area contributed by atoms with Crippen LogP contribution in [0.2, 0.25) is 0 Å². The van der Waals surface area contributed by atoms with Crippen molar-refractivity contribution < 1.29 is 30.0 Å². The number of carboxylic acids is 2. The van der Waals surface area contributed by atoms with Gasteiger partial charge in [0, 0.05) is 0 Å². The topological polar surface area (TPSA) is 115 Å². The summed E-state index contributed by atoms with van der Waals surface area (Å²) in [5.41, 5.74) is 0. The van der Waals surface area contributed by atoms with Crippen molar-refractivity contribution in [2.45, 2.75) is 90.3 Å². The molecule has 2 unspecified atom stereocenters. The Hall–Kier alpha value is -1.14. The van der Waals surface area contributed by atoms with Crippen LogP contribution in [0.15, 0.2) is 0 Å². The Morgan fingerprint density at radius 3 is 1.45 bits per heavy atom. The molecule has 6 heteroatoms. The number of hydrogen-bond acceptors (Lipinski definition) is 4. The summed E-state index contributed by atoms with van der Waals surface area (Å²) in [5.74, 6) is -2.25. The standard InChI is InChI=1S/C12H24O3.C4H8O3/c1-2-3-4-5-6-7-8-9-10-11(13)12(14)15;1-2-3(5)4(6)7/h11,13H,2-10H2,1H3,(H,14,15);3,5H,2H2,1H3,(H,6,7). The van der Waals surface area contributed by atoms with E-state index in [9.17, 15) is 9.59 Å². The molecule has 0 aromatic heterocycles. The normalized spacial score (nSPS) is 12.9.